The molecule has 3 heterocycles. The number of hydrogen-bond acceptors (Lipinski definition) is 15. The predicted octanol–water partition coefficient (Wildman–Crippen LogP) is 11.8. The van der Waals surface area contributed by atoms with Gasteiger partial charge < -0.3 is 45.8 Å². The Bertz CT molecular complexity index is 2490. The Kier molecular flexibility index (Phi) is 22.3. The van der Waals surface area contributed by atoms with Crippen LogP contribution in [0.2, 0.25) is 23.2 Å². The molecule has 412 valence electrons. The maximum absolute atomic E-state index is 14.5. The van der Waals surface area contributed by atoms with E-state index in [9.17, 15) is 9.59 Å². The number of methoxy groups -OCH3 is 4. The highest BCUT2D eigenvalue weighted by molar-refractivity contribution is 6.99. The average molecular weight is 1070 g/mol. The van der Waals surface area contributed by atoms with E-state index < -0.39 is 22.6 Å². The second-order valence-electron chi connectivity index (χ2n) is 22.4. The van der Waals surface area contributed by atoms with Crippen LogP contribution in [0.4, 0.5) is 0 Å². The molecule has 75 heavy (non-hydrogen) atoms. The number of oxazole rings is 3. The largest absolute Gasteiger partial charge is 0.464 e. The second kappa shape index (κ2) is 27.5. The molecule has 0 N–H and O–H groups in total. The molecule has 0 fully saturated rings. The summed E-state index contributed by atoms with van der Waals surface area (Å²) in [6.45, 7) is 27.4. The Labute approximate surface area is 448 Å². The van der Waals surface area contributed by atoms with E-state index in [-0.39, 0.29) is 93.9 Å². The summed E-state index contributed by atoms with van der Waals surface area (Å²) < 4.78 is 59.9. The average Bonchev–Trinajstić information content (AvgIpc) is 4.19. The van der Waals surface area contributed by atoms with Crippen LogP contribution in [0, 0.1) is 23.7 Å². The summed E-state index contributed by atoms with van der Waals surface area (Å²) in [6, 6.07) is 21.5. The van der Waals surface area contributed by atoms with Crippen molar-refractivity contribution in [1.82, 2.24) is 15.0 Å². The first kappa shape index (κ1) is 61.0. The Morgan fingerprint density at radius 1 is 0.693 bits per heavy atom. The molecule has 0 aliphatic carbocycles. The molecule has 0 unspecified atom stereocenters. The fourth-order valence-corrected chi connectivity index (χ4v) is 15.6. The van der Waals surface area contributed by atoms with Crippen molar-refractivity contribution in [2.75, 3.05) is 41.8 Å². The number of hydrogen-bond donors (Lipinski definition) is 0. The number of carbonyl (C=O) groups is 2. The maximum atomic E-state index is 14.5. The fraction of sp³-hybridized carbons (Fsp3) is 0.569. The number of rotatable bonds is 30. The normalized spacial score (nSPS) is 16.1. The number of nitrogens with zero attached hydrogens (tertiary/aromatic N) is 3. The van der Waals surface area contributed by atoms with Crippen molar-refractivity contribution in [2.24, 2.45) is 23.7 Å². The van der Waals surface area contributed by atoms with Gasteiger partial charge in [0.1, 0.15) is 31.4 Å². The van der Waals surface area contributed by atoms with Crippen LogP contribution in [0.25, 0.3) is 29.2 Å². The molecule has 15 nitrogen and oxygen atoms in total. The summed E-state index contributed by atoms with van der Waals surface area (Å²) in [5, 5.41) is 2.32. The van der Waals surface area contributed by atoms with E-state index in [0.29, 0.717) is 43.9 Å². The van der Waals surface area contributed by atoms with Crippen LogP contribution in [0.1, 0.15) is 118 Å². The molecule has 0 amide bonds. The van der Waals surface area contributed by atoms with Gasteiger partial charge in [-0.15, -0.1) is 0 Å². The van der Waals surface area contributed by atoms with Crippen molar-refractivity contribution in [2.45, 2.75) is 149 Å². The molecule has 0 aliphatic heterocycles. The lowest BCUT2D eigenvalue weighted by Crippen LogP contribution is -2.66. The molecule has 0 bridgehead atoms. The van der Waals surface area contributed by atoms with Crippen molar-refractivity contribution in [3.8, 4) is 23.2 Å². The van der Waals surface area contributed by atoms with E-state index in [1.807, 2.05) is 6.08 Å². The highest BCUT2D eigenvalue weighted by atomic mass is 28.4. The van der Waals surface area contributed by atoms with Crippen molar-refractivity contribution in [1.29, 1.82) is 0 Å². The zero-order chi connectivity index (χ0) is 55.1. The molecule has 17 heteroatoms. The van der Waals surface area contributed by atoms with E-state index in [4.69, 9.17) is 45.8 Å². The molecule has 5 aromatic rings. The van der Waals surface area contributed by atoms with Crippen LogP contribution in [0.3, 0.4) is 0 Å². The fourth-order valence-electron chi connectivity index (χ4n) is 9.51. The highest BCUT2D eigenvalue weighted by Gasteiger charge is 2.50. The molecule has 0 aliphatic rings. The second-order valence-corrected chi connectivity index (χ2v) is 31.5. The molecule has 0 spiro atoms. The highest BCUT2D eigenvalue weighted by Crippen LogP contribution is 2.41. The predicted molar refractivity (Wildman–Crippen MR) is 297 cm³/mol. The first-order valence-electron chi connectivity index (χ1n) is 26.3. The summed E-state index contributed by atoms with van der Waals surface area (Å²) in [7, 11) is 1.23. The van der Waals surface area contributed by atoms with Gasteiger partial charge in [-0.05, 0) is 70.7 Å². The minimum absolute atomic E-state index is 0.0153. The number of Topliss-reactive ketones (excluding diaryl/α,β-unsaturated/α-hetero) is 1. The number of carbonyl (C=O) groups excluding carboxylic acids is 2. The smallest absolute Gasteiger partial charge is 0.360 e. The Morgan fingerprint density at radius 2 is 1.28 bits per heavy atom. The third-order valence-corrected chi connectivity index (χ3v) is 24.7. The van der Waals surface area contributed by atoms with Gasteiger partial charge in [-0.1, -0.05) is 136 Å². The zero-order valence-electron chi connectivity index (χ0n) is 47.5. The quantitative estimate of drug-likeness (QED) is 0.0241. The summed E-state index contributed by atoms with van der Waals surface area (Å²) >= 11 is 0. The first-order chi connectivity index (χ1) is 35.5. The van der Waals surface area contributed by atoms with Gasteiger partial charge in [-0.25, -0.2) is 19.7 Å². The number of esters is 1. The maximum Gasteiger partial charge on any atom is 0.360 e. The van der Waals surface area contributed by atoms with Crippen LogP contribution in [0.15, 0.2) is 98.8 Å². The van der Waals surface area contributed by atoms with Gasteiger partial charge in [-0.3, -0.25) is 4.79 Å². The van der Waals surface area contributed by atoms with E-state index in [1.165, 1.54) is 36.3 Å². The number of ether oxygens (including phenoxy) is 5. The summed E-state index contributed by atoms with van der Waals surface area (Å²) in [4.78, 5) is 39.3. The topological polar surface area (TPSA) is 177 Å². The SMILES string of the molecule is COCO[C@H](C[C@@H](OC)[C@@H](C)CCC(=O)[C@H](C)[C@H](O[Si](C)(C)C(C)(C)C)[C@H](C)CCO[Si](c1ccccc1)(c1ccccc1)C(C)(C)C)[C@@H](C)[C@@H](C/C=C/c1nc(-c2nc(-c3nc(C(=O)OC)co3)co2)co1)OC. The first-order valence-corrected chi connectivity index (χ1v) is 31.1. The number of ketones is 1. The molecule has 3 aromatic heterocycles. The minimum Gasteiger partial charge on any atom is -0.464 e. The summed E-state index contributed by atoms with van der Waals surface area (Å²) in [6.07, 6.45) is 9.55. The Hall–Kier alpha value is -4.86. The Morgan fingerprint density at radius 3 is 1.85 bits per heavy atom. The van der Waals surface area contributed by atoms with Gasteiger partial charge in [0.05, 0.1) is 31.5 Å². The molecule has 0 saturated carbocycles. The summed E-state index contributed by atoms with van der Waals surface area (Å²) in [5.74, 6) is -0.123. The van der Waals surface area contributed by atoms with Gasteiger partial charge in [-0.2, -0.15) is 0 Å². The molecular formula is C58H85N3O12Si2. The van der Waals surface area contributed by atoms with Crippen LogP contribution < -0.4 is 10.4 Å². The molecule has 2 aromatic carbocycles. The van der Waals surface area contributed by atoms with Crippen molar-refractivity contribution in [3.05, 3.63) is 97.1 Å². The van der Waals surface area contributed by atoms with Gasteiger partial charge >= 0.3 is 5.97 Å². The van der Waals surface area contributed by atoms with Crippen LogP contribution in [-0.4, -0.2) is 110 Å². The van der Waals surface area contributed by atoms with E-state index in [2.05, 4.69) is 158 Å². The molecule has 5 rings (SSSR count). The standard InChI is InChI=1S/C58H85N3O12Si2/c1-39(30-31-48(62)41(3)53(73-74(15,16)57(5,6)7)40(2)32-33-72-75(58(8,9)10,43-24-19-17-20-25-43)44-26-21-18-22-27-44)50(66-13)34-51(71-38-64-11)42(4)49(65-12)28-23-29-52-59-45(35-68-52)54-60-46(36-69-54)55-61-47(37-70-55)56(63)67-14/h17-27,29,35-37,39-42,49-51,53H,28,30-34,38H2,1-16H3/b29-23+/t39-,40+,41-,42-,49+,50+,51+,53+/m0/s1. The number of aromatic nitrogens is 3. The molecule has 8 atom stereocenters. The van der Waals surface area contributed by atoms with Crippen molar-refractivity contribution < 1.29 is 55.4 Å². The monoisotopic (exact) mass is 1070 g/mol. The van der Waals surface area contributed by atoms with Crippen molar-refractivity contribution >= 4 is 44.8 Å². The van der Waals surface area contributed by atoms with Gasteiger partial charge in [0.15, 0.2) is 25.4 Å². The lowest BCUT2D eigenvalue weighted by Gasteiger charge is -2.44. The van der Waals surface area contributed by atoms with Crippen molar-refractivity contribution in [3.63, 3.8) is 0 Å². The molecule has 0 radical (unpaired) electrons. The molecule has 0 saturated heterocycles. The van der Waals surface area contributed by atoms with Gasteiger partial charge in [0.25, 0.3) is 8.32 Å². The van der Waals surface area contributed by atoms with Crippen LogP contribution in [0.5, 0.6) is 0 Å². The zero-order valence-corrected chi connectivity index (χ0v) is 49.5. The third-order valence-electron chi connectivity index (χ3n) is 15.2. The van der Waals surface area contributed by atoms with E-state index in [0.717, 1.165) is 6.42 Å². The Balaban J connectivity index is 1.23. The van der Waals surface area contributed by atoms with Gasteiger partial charge in [0.2, 0.25) is 17.7 Å². The minimum atomic E-state index is -2.75. The lowest BCUT2D eigenvalue weighted by atomic mass is 9.84. The van der Waals surface area contributed by atoms with Gasteiger partial charge in [0, 0.05) is 52.6 Å². The van der Waals surface area contributed by atoms with E-state index >= 15 is 0 Å². The molecular weight excluding hydrogens is 987 g/mol. The lowest BCUT2D eigenvalue weighted by molar-refractivity contribution is -0.130. The van der Waals surface area contributed by atoms with Crippen LogP contribution in [-0.2, 0) is 37.3 Å². The van der Waals surface area contributed by atoms with Crippen LogP contribution >= 0.6 is 0 Å². The third kappa shape index (κ3) is 15.6. The number of benzene rings is 2. The van der Waals surface area contributed by atoms with E-state index in [1.54, 1.807) is 27.4 Å². The summed E-state index contributed by atoms with van der Waals surface area (Å²) in [5.41, 5.74) is 0.659.